The number of aromatic amines is 1. The van der Waals surface area contributed by atoms with Gasteiger partial charge in [0.2, 0.25) is 0 Å². The Balaban J connectivity index is 1.41. The van der Waals surface area contributed by atoms with E-state index < -0.39 is 40.3 Å². The molecule has 0 unspecified atom stereocenters. The van der Waals surface area contributed by atoms with Gasteiger partial charge in [-0.15, -0.1) is 6.58 Å². The van der Waals surface area contributed by atoms with Crippen molar-refractivity contribution in [3.63, 3.8) is 0 Å². The number of anilines is 1. The first-order valence-electron chi connectivity index (χ1n) is 13.4. The number of amides is 3. The smallest absolute Gasteiger partial charge is 0.269 e. The lowest BCUT2D eigenvalue weighted by Crippen LogP contribution is -2.58. The highest BCUT2D eigenvalue weighted by Gasteiger charge is 2.55. The summed E-state index contributed by atoms with van der Waals surface area (Å²) < 4.78 is 0. The number of piperazine rings is 1. The lowest BCUT2D eigenvalue weighted by Gasteiger charge is -2.37. The van der Waals surface area contributed by atoms with Crippen molar-refractivity contribution in [2.24, 2.45) is 0 Å². The summed E-state index contributed by atoms with van der Waals surface area (Å²) in [5.74, 6) is -1.45. The topological polar surface area (TPSA) is 106 Å². The van der Waals surface area contributed by atoms with Crippen molar-refractivity contribution < 1.29 is 19.5 Å². The number of nitrogens with one attached hydrogen (secondary N) is 2. The third-order valence-corrected chi connectivity index (χ3v) is 8.37. The number of aliphatic hydroxyl groups is 1. The van der Waals surface area contributed by atoms with E-state index >= 15 is 0 Å². The number of rotatable bonds is 4. The molecule has 3 N–H and O–H groups in total. The van der Waals surface area contributed by atoms with Crippen LogP contribution < -0.4 is 10.2 Å². The van der Waals surface area contributed by atoms with Crippen LogP contribution in [-0.2, 0) is 25.4 Å². The maximum Gasteiger partial charge on any atom is 0.269 e. The molecule has 0 spiro atoms. The zero-order valence-electron chi connectivity index (χ0n) is 23.0. The van der Waals surface area contributed by atoms with Gasteiger partial charge in [-0.2, -0.15) is 0 Å². The fraction of sp³-hybridized carbons (Fsp3) is 0.281. The second kappa shape index (κ2) is 8.53. The molecule has 6 rings (SSSR count). The fourth-order valence-electron chi connectivity index (χ4n) is 6.00. The van der Waals surface area contributed by atoms with Gasteiger partial charge in [-0.05, 0) is 32.1 Å². The average molecular weight is 537 g/mol. The van der Waals surface area contributed by atoms with E-state index in [1.807, 2.05) is 58.0 Å². The van der Waals surface area contributed by atoms with Gasteiger partial charge < -0.3 is 20.3 Å². The summed E-state index contributed by atoms with van der Waals surface area (Å²) in [5, 5.41) is 15.6. The standard InChI is InChI=1S/C32H32N4O4/c1-6-31(4,5)36-24-14-10-8-12-21(24)32(40,29(36)39)18-23-28(38)35-16-15-30(2,3)26-20(17-25(35)27(37)34-23)19-11-7-9-13-22(19)33-26/h6-17,23,33,40H,1,18H2,2-5H3,(H,34,37)/b16-15-,25-17-/t23-,32-/m1/s1. The zero-order valence-corrected chi connectivity index (χ0v) is 23.0. The summed E-state index contributed by atoms with van der Waals surface area (Å²) in [6.07, 6.45) is 6.58. The van der Waals surface area contributed by atoms with Crippen LogP contribution >= 0.6 is 0 Å². The summed E-state index contributed by atoms with van der Waals surface area (Å²) in [6, 6.07) is 13.7. The third kappa shape index (κ3) is 3.59. The Labute approximate surface area is 232 Å². The van der Waals surface area contributed by atoms with Crippen LogP contribution in [0.15, 0.2) is 79.2 Å². The third-order valence-electron chi connectivity index (χ3n) is 8.37. The summed E-state index contributed by atoms with van der Waals surface area (Å²) in [6.45, 7) is 11.6. The van der Waals surface area contributed by atoms with E-state index in [2.05, 4.69) is 16.9 Å². The van der Waals surface area contributed by atoms with Crippen molar-refractivity contribution in [2.45, 2.75) is 56.7 Å². The Hall–Kier alpha value is -4.43. The van der Waals surface area contributed by atoms with E-state index in [0.29, 0.717) is 11.3 Å². The number of para-hydroxylation sites is 2. The lowest BCUT2D eigenvalue weighted by atomic mass is 9.84. The molecule has 40 heavy (non-hydrogen) atoms. The van der Waals surface area contributed by atoms with Crippen molar-refractivity contribution in [1.29, 1.82) is 0 Å². The van der Waals surface area contributed by atoms with Crippen LogP contribution in [0.5, 0.6) is 0 Å². The number of benzene rings is 2. The molecule has 3 aromatic rings. The molecule has 2 atom stereocenters. The molecule has 3 aliphatic heterocycles. The van der Waals surface area contributed by atoms with E-state index in [-0.39, 0.29) is 12.1 Å². The Morgan fingerprint density at radius 3 is 2.52 bits per heavy atom. The fourth-order valence-corrected chi connectivity index (χ4v) is 6.00. The van der Waals surface area contributed by atoms with Crippen LogP contribution in [0, 0.1) is 0 Å². The molecule has 4 heterocycles. The monoisotopic (exact) mass is 536 g/mol. The largest absolute Gasteiger partial charge is 0.375 e. The number of aromatic nitrogens is 1. The van der Waals surface area contributed by atoms with E-state index in [0.717, 1.165) is 22.2 Å². The zero-order chi connectivity index (χ0) is 28.6. The molecule has 3 amide bonds. The van der Waals surface area contributed by atoms with Gasteiger partial charge in [0.15, 0.2) is 5.60 Å². The van der Waals surface area contributed by atoms with Gasteiger partial charge in [-0.25, -0.2) is 0 Å². The molecule has 1 saturated heterocycles. The van der Waals surface area contributed by atoms with Crippen LogP contribution in [0.2, 0.25) is 0 Å². The van der Waals surface area contributed by atoms with Gasteiger partial charge in [-0.3, -0.25) is 19.3 Å². The maximum absolute atomic E-state index is 13.9. The Kier molecular flexibility index (Phi) is 5.51. The van der Waals surface area contributed by atoms with E-state index in [9.17, 15) is 19.5 Å². The van der Waals surface area contributed by atoms with Gasteiger partial charge in [0, 0.05) is 45.8 Å². The first-order valence-corrected chi connectivity index (χ1v) is 13.4. The molecular formula is C32H32N4O4. The van der Waals surface area contributed by atoms with Gasteiger partial charge in [-0.1, -0.05) is 62.4 Å². The molecule has 0 aliphatic carbocycles. The van der Waals surface area contributed by atoms with Crippen molar-refractivity contribution in [1.82, 2.24) is 15.2 Å². The van der Waals surface area contributed by atoms with Crippen LogP contribution in [0.1, 0.15) is 50.9 Å². The van der Waals surface area contributed by atoms with E-state index in [1.165, 1.54) is 9.80 Å². The van der Waals surface area contributed by atoms with E-state index in [1.54, 1.807) is 42.6 Å². The summed E-state index contributed by atoms with van der Waals surface area (Å²) in [4.78, 5) is 47.6. The average Bonchev–Trinajstić information content (AvgIpc) is 3.39. The minimum atomic E-state index is -2.01. The minimum Gasteiger partial charge on any atom is -0.375 e. The van der Waals surface area contributed by atoms with Gasteiger partial charge >= 0.3 is 0 Å². The highest BCUT2D eigenvalue weighted by Crippen LogP contribution is 2.47. The van der Waals surface area contributed by atoms with Crippen molar-refractivity contribution in [3.8, 4) is 0 Å². The molecule has 0 saturated carbocycles. The maximum atomic E-state index is 13.9. The van der Waals surface area contributed by atoms with Crippen molar-refractivity contribution in [2.75, 3.05) is 4.90 Å². The molecule has 204 valence electrons. The second-order valence-electron chi connectivity index (χ2n) is 11.8. The molecule has 3 aliphatic rings. The molecular weight excluding hydrogens is 504 g/mol. The molecule has 0 radical (unpaired) electrons. The number of H-pyrrole nitrogens is 1. The number of fused-ring (bicyclic) bond motifs is 5. The van der Waals surface area contributed by atoms with Gasteiger partial charge in [0.05, 0.1) is 11.2 Å². The Morgan fingerprint density at radius 2 is 1.77 bits per heavy atom. The Bertz CT molecular complexity index is 1680. The first-order chi connectivity index (χ1) is 18.9. The van der Waals surface area contributed by atoms with E-state index in [4.69, 9.17) is 0 Å². The highest BCUT2D eigenvalue weighted by atomic mass is 16.3. The predicted molar refractivity (Wildman–Crippen MR) is 154 cm³/mol. The highest BCUT2D eigenvalue weighted by molar-refractivity contribution is 6.11. The van der Waals surface area contributed by atoms with Crippen LogP contribution in [0.25, 0.3) is 17.0 Å². The molecule has 1 aromatic heterocycles. The SMILES string of the molecule is C=CC(C)(C)N1C(=O)[C@@](O)(C[C@H]2NC(=O)/C3=C/c4c([nH]c5ccccc45)C(C)(C)/C=C\N3C2=O)c2ccccc21. The molecule has 2 aromatic carbocycles. The summed E-state index contributed by atoms with van der Waals surface area (Å²) >= 11 is 0. The Morgan fingerprint density at radius 1 is 1.07 bits per heavy atom. The number of allylic oxidation sites excluding steroid dienone is 1. The molecule has 8 heteroatoms. The molecule has 1 fully saturated rings. The number of hydrogen-bond donors (Lipinski definition) is 3. The quantitative estimate of drug-likeness (QED) is 0.434. The van der Waals surface area contributed by atoms with Gasteiger partial charge in [0.1, 0.15) is 11.7 Å². The lowest BCUT2D eigenvalue weighted by molar-refractivity contribution is -0.145. The normalized spacial score (nSPS) is 25.8. The van der Waals surface area contributed by atoms with Crippen molar-refractivity contribution in [3.05, 3.63) is 96.0 Å². The first kappa shape index (κ1) is 25.8. The van der Waals surface area contributed by atoms with Crippen LogP contribution in [0.3, 0.4) is 0 Å². The second-order valence-corrected chi connectivity index (χ2v) is 11.8. The number of nitrogens with zero attached hydrogens (tertiary/aromatic N) is 2. The molecule has 8 nitrogen and oxygen atoms in total. The number of carbonyl (C=O) groups is 3. The van der Waals surface area contributed by atoms with Crippen LogP contribution in [0.4, 0.5) is 5.69 Å². The number of carbonyl (C=O) groups excluding carboxylic acids is 3. The summed E-state index contributed by atoms with van der Waals surface area (Å²) in [7, 11) is 0. The predicted octanol–water partition coefficient (Wildman–Crippen LogP) is 4.23. The van der Waals surface area contributed by atoms with Crippen molar-refractivity contribution >= 4 is 40.4 Å². The summed E-state index contributed by atoms with van der Waals surface area (Å²) in [5.41, 5.74) is 0.560. The van der Waals surface area contributed by atoms with Gasteiger partial charge in [0.25, 0.3) is 17.7 Å². The van der Waals surface area contributed by atoms with Crippen LogP contribution in [-0.4, -0.2) is 44.3 Å². The molecule has 0 bridgehead atoms. The number of hydrogen-bond acceptors (Lipinski definition) is 4. The minimum absolute atomic E-state index is 0.179.